The van der Waals surface area contributed by atoms with Crippen LogP contribution in [0.15, 0.2) is 0 Å². The molecule has 0 spiro atoms. The van der Waals surface area contributed by atoms with Gasteiger partial charge in [-0.25, -0.2) is 0 Å². The molecule has 0 aliphatic heterocycles. The maximum absolute atomic E-state index is 10.2. The average molecular weight is 238 g/mol. The van der Waals surface area contributed by atoms with Gasteiger partial charge >= 0.3 is 11.9 Å². The molecule has 0 aromatic heterocycles. The standard InChI is InChI=1S/C5H10O4.C4H8O3/c1-5(2-6,3-7)4(8)9;1-3(2-5)4(6)7/h6-7H,2-3H2,1H3,(H,8,9);3,5H,2H2,1H3,(H,6,7). The largest absolute Gasteiger partial charge is 0.481 e. The van der Waals surface area contributed by atoms with Crippen LogP contribution < -0.4 is 0 Å². The number of carbonyl (C=O) groups is 2. The third-order valence-electron chi connectivity index (χ3n) is 1.91. The summed E-state index contributed by atoms with van der Waals surface area (Å²) in [4.78, 5) is 19.9. The maximum atomic E-state index is 10.2. The lowest BCUT2D eigenvalue weighted by Gasteiger charge is -2.17. The van der Waals surface area contributed by atoms with Crippen molar-refractivity contribution < 1.29 is 35.1 Å². The number of aliphatic hydroxyl groups excluding tert-OH is 3. The van der Waals surface area contributed by atoms with Crippen LogP contribution >= 0.6 is 0 Å². The highest BCUT2D eigenvalue weighted by Gasteiger charge is 2.31. The fourth-order valence-corrected chi connectivity index (χ4v) is 0.263. The first-order valence-electron chi connectivity index (χ1n) is 4.54. The smallest absolute Gasteiger partial charge is 0.314 e. The van der Waals surface area contributed by atoms with E-state index in [-0.39, 0.29) is 6.61 Å². The number of carboxylic acids is 2. The van der Waals surface area contributed by atoms with E-state index >= 15 is 0 Å². The molecule has 0 aromatic carbocycles. The molecule has 0 radical (unpaired) electrons. The van der Waals surface area contributed by atoms with E-state index in [1.54, 1.807) is 0 Å². The van der Waals surface area contributed by atoms with E-state index in [0.717, 1.165) is 0 Å². The van der Waals surface area contributed by atoms with Crippen molar-refractivity contribution >= 4 is 11.9 Å². The normalized spacial score (nSPS) is 12.3. The minimum absolute atomic E-state index is 0.282. The zero-order valence-corrected chi connectivity index (χ0v) is 9.25. The molecule has 0 aliphatic carbocycles. The molecular formula is C9H18O7. The molecule has 0 amide bonds. The first-order valence-corrected chi connectivity index (χ1v) is 4.54. The second-order valence-corrected chi connectivity index (χ2v) is 3.60. The summed E-state index contributed by atoms with van der Waals surface area (Å²) in [5.74, 6) is -2.77. The van der Waals surface area contributed by atoms with Crippen LogP contribution in [0.1, 0.15) is 13.8 Å². The highest BCUT2D eigenvalue weighted by atomic mass is 16.4. The Hall–Kier alpha value is -1.18. The van der Waals surface area contributed by atoms with E-state index in [9.17, 15) is 9.59 Å². The molecular weight excluding hydrogens is 220 g/mol. The average Bonchev–Trinajstić information content (AvgIpc) is 2.27. The monoisotopic (exact) mass is 238 g/mol. The van der Waals surface area contributed by atoms with Crippen molar-refractivity contribution in [2.45, 2.75) is 13.8 Å². The number of hydrogen-bond donors (Lipinski definition) is 5. The Kier molecular flexibility index (Phi) is 8.64. The molecule has 5 N–H and O–H groups in total. The molecule has 0 saturated heterocycles. The van der Waals surface area contributed by atoms with Gasteiger partial charge in [-0.1, -0.05) is 0 Å². The first kappa shape index (κ1) is 17.2. The molecule has 0 saturated carbocycles. The molecule has 7 heteroatoms. The Labute approximate surface area is 93.0 Å². The van der Waals surface area contributed by atoms with E-state index in [4.69, 9.17) is 25.5 Å². The van der Waals surface area contributed by atoms with Gasteiger partial charge in [0.25, 0.3) is 0 Å². The van der Waals surface area contributed by atoms with Gasteiger partial charge in [0.15, 0.2) is 0 Å². The van der Waals surface area contributed by atoms with Gasteiger partial charge in [0.05, 0.1) is 25.7 Å². The second kappa shape index (κ2) is 8.03. The molecule has 16 heavy (non-hydrogen) atoms. The summed E-state index contributed by atoms with van der Waals surface area (Å²) in [6.07, 6.45) is 0. The summed E-state index contributed by atoms with van der Waals surface area (Å²) in [5, 5.41) is 41.3. The number of aliphatic carboxylic acids is 2. The molecule has 7 nitrogen and oxygen atoms in total. The van der Waals surface area contributed by atoms with Crippen molar-refractivity contribution in [1.82, 2.24) is 0 Å². The van der Waals surface area contributed by atoms with Crippen LogP contribution in [0.4, 0.5) is 0 Å². The summed E-state index contributed by atoms with van der Waals surface area (Å²) in [6.45, 7) is 1.35. The molecule has 1 unspecified atom stereocenters. The molecule has 0 bridgehead atoms. The predicted octanol–water partition coefficient (Wildman–Crippen LogP) is -1.24. The highest BCUT2D eigenvalue weighted by Crippen LogP contribution is 2.12. The lowest BCUT2D eigenvalue weighted by Crippen LogP contribution is -2.35. The van der Waals surface area contributed by atoms with Crippen molar-refractivity contribution in [2.24, 2.45) is 11.3 Å². The summed E-state index contributed by atoms with van der Waals surface area (Å²) in [6, 6.07) is 0. The third kappa shape index (κ3) is 6.33. The third-order valence-corrected chi connectivity index (χ3v) is 1.91. The Morgan fingerprint density at radius 3 is 1.50 bits per heavy atom. The fraction of sp³-hybridized carbons (Fsp3) is 0.778. The fourth-order valence-electron chi connectivity index (χ4n) is 0.263. The maximum Gasteiger partial charge on any atom is 0.314 e. The minimum Gasteiger partial charge on any atom is -0.481 e. The summed E-state index contributed by atoms with van der Waals surface area (Å²) < 4.78 is 0. The Balaban J connectivity index is 0. The van der Waals surface area contributed by atoms with Crippen LogP contribution in [0, 0.1) is 11.3 Å². The predicted molar refractivity (Wildman–Crippen MR) is 53.8 cm³/mol. The van der Waals surface area contributed by atoms with E-state index in [2.05, 4.69) is 0 Å². The van der Waals surface area contributed by atoms with Gasteiger partial charge in [-0.3, -0.25) is 9.59 Å². The summed E-state index contributed by atoms with van der Waals surface area (Å²) >= 11 is 0. The Bertz CT molecular complexity index is 222. The number of carboxylic acid groups (broad SMARTS) is 2. The van der Waals surface area contributed by atoms with Crippen LogP contribution in [0.5, 0.6) is 0 Å². The van der Waals surface area contributed by atoms with E-state index in [1.165, 1.54) is 13.8 Å². The van der Waals surface area contributed by atoms with Gasteiger partial charge in [-0.2, -0.15) is 0 Å². The zero-order chi connectivity index (χ0) is 13.4. The van der Waals surface area contributed by atoms with Gasteiger partial charge in [0.2, 0.25) is 0 Å². The van der Waals surface area contributed by atoms with Crippen molar-refractivity contribution in [3.05, 3.63) is 0 Å². The van der Waals surface area contributed by atoms with E-state index in [0.29, 0.717) is 0 Å². The van der Waals surface area contributed by atoms with Crippen LogP contribution in [0.25, 0.3) is 0 Å². The van der Waals surface area contributed by atoms with Crippen LogP contribution in [0.3, 0.4) is 0 Å². The van der Waals surface area contributed by atoms with Gasteiger partial charge < -0.3 is 25.5 Å². The van der Waals surface area contributed by atoms with Crippen LogP contribution in [-0.4, -0.2) is 57.3 Å². The van der Waals surface area contributed by atoms with Crippen molar-refractivity contribution in [3.8, 4) is 0 Å². The molecule has 0 rings (SSSR count). The molecule has 0 aliphatic rings. The SMILES string of the molecule is CC(CO)(CO)C(=O)O.CC(CO)C(=O)O. The molecule has 0 heterocycles. The zero-order valence-electron chi connectivity index (χ0n) is 9.25. The summed E-state index contributed by atoms with van der Waals surface area (Å²) in [7, 11) is 0. The summed E-state index contributed by atoms with van der Waals surface area (Å²) in [5.41, 5.74) is -1.39. The van der Waals surface area contributed by atoms with Gasteiger partial charge in [-0.15, -0.1) is 0 Å². The lowest BCUT2D eigenvalue weighted by atomic mass is 9.94. The van der Waals surface area contributed by atoms with Gasteiger partial charge in [0.1, 0.15) is 5.41 Å². The second-order valence-electron chi connectivity index (χ2n) is 3.60. The number of hydrogen-bond acceptors (Lipinski definition) is 5. The number of rotatable bonds is 5. The molecule has 0 fully saturated rings. The molecule has 0 aromatic rings. The van der Waals surface area contributed by atoms with E-state index in [1.807, 2.05) is 0 Å². The minimum atomic E-state index is -1.39. The topological polar surface area (TPSA) is 135 Å². The molecule has 1 atom stereocenters. The Morgan fingerprint density at radius 2 is 1.50 bits per heavy atom. The highest BCUT2D eigenvalue weighted by molar-refractivity contribution is 5.74. The number of aliphatic hydroxyl groups is 3. The lowest BCUT2D eigenvalue weighted by molar-refractivity contribution is -0.153. The van der Waals surface area contributed by atoms with E-state index < -0.39 is 36.5 Å². The van der Waals surface area contributed by atoms with Gasteiger partial charge in [-0.05, 0) is 13.8 Å². The van der Waals surface area contributed by atoms with Gasteiger partial charge in [0, 0.05) is 0 Å². The van der Waals surface area contributed by atoms with Crippen molar-refractivity contribution in [2.75, 3.05) is 19.8 Å². The first-order chi connectivity index (χ1) is 7.25. The Morgan fingerprint density at radius 1 is 1.12 bits per heavy atom. The van der Waals surface area contributed by atoms with Crippen LogP contribution in [-0.2, 0) is 9.59 Å². The van der Waals surface area contributed by atoms with Crippen LogP contribution in [0.2, 0.25) is 0 Å². The molecule has 96 valence electrons. The van der Waals surface area contributed by atoms with Crippen molar-refractivity contribution in [1.29, 1.82) is 0 Å². The quantitative estimate of drug-likeness (QED) is 0.404. The van der Waals surface area contributed by atoms with Crippen molar-refractivity contribution in [3.63, 3.8) is 0 Å².